The van der Waals surface area contributed by atoms with E-state index in [0.717, 1.165) is 42.7 Å². The van der Waals surface area contributed by atoms with Gasteiger partial charge in [-0.15, -0.1) is 5.10 Å². The first-order chi connectivity index (χ1) is 10.7. The van der Waals surface area contributed by atoms with E-state index in [2.05, 4.69) is 31.1 Å². The quantitative estimate of drug-likeness (QED) is 0.701. The van der Waals surface area contributed by atoms with Gasteiger partial charge in [-0.1, -0.05) is 32.4 Å². The van der Waals surface area contributed by atoms with Gasteiger partial charge in [-0.2, -0.15) is 0 Å². The zero-order valence-corrected chi connectivity index (χ0v) is 13.5. The van der Waals surface area contributed by atoms with Crippen LogP contribution >= 0.6 is 0 Å². The molecule has 2 rings (SSSR count). The van der Waals surface area contributed by atoms with Crippen LogP contribution in [-0.4, -0.2) is 27.9 Å². The number of hydrogen-bond acceptors (Lipinski definition) is 4. The van der Waals surface area contributed by atoms with Crippen molar-refractivity contribution in [1.29, 1.82) is 0 Å². The molecule has 5 nitrogen and oxygen atoms in total. The number of rotatable bonds is 8. The van der Waals surface area contributed by atoms with Gasteiger partial charge in [0, 0.05) is 0 Å². The number of nitrogens with zero attached hydrogens (tertiary/aromatic N) is 3. The number of ether oxygens (including phenoxy) is 1. The molecular formula is C17H23N3O2. The maximum atomic E-state index is 11.1. The highest BCUT2D eigenvalue weighted by Crippen LogP contribution is 2.18. The lowest BCUT2D eigenvalue weighted by Gasteiger charge is -2.10. The molecule has 0 aliphatic heterocycles. The standard InChI is InChI=1S/C17H23N3O2/c1-4-5-6-17-16(11-21)18-19-20(17)14-7-9-15(10-8-14)22-12-13(2)3/h7-11,13H,4-6,12H2,1-3H3. The van der Waals surface area contributed by atoms with Crippen molar-refractivity contribution in [3.05, 3.63) is 35.7 Å². The van der Waals surface area contributed by atoms with Crippen LogP contribution < -0.4 is 4.74 Å². The highest BCUT2D eigenvalue weighted by Gasteiger charge is 2.13. The molecule has 0 amide bonds. The number of carbonyl (C=O) groups excluding carboxylic acids is 1. The van der Waals surface area contributed by atoms with Gasteiger partial charge in [0.15, 0.2) is 6.29 Å². The molecule has 0 bridgehead atoms. The predicted molar refractivity (Wildman–Crippen MR) is 85.7 cm³/mol. The van der Waals surface area contributed by atoms with Crippen molar-refractivity contribution in [1.82, 2.24) is 15.0 Å². The van der Waals surface area contributed by atoms with Crippen LogP contribution in [0, 0.1) is 5.92 Å². The van der Waals surface area contributed by atoms with Crippen molar-refractivity contribution in [2.24, 2.45) is 5.92 Å². The molecule has 0 aliphatic carbocycles. The van der Waals surface area contributed by atoms with Gasteiger partial charge in [-0.05, 0) is 43.0 Å². The van der Waals surface area contributed by atoms with E-state index >= 15 is 0 Å². The second kappa shape index (κ2) is 7.73. The Kier molecular flexibility index (Phi) is 5.69. The monoisotopic (exact) mass is 301 g/mol. The Morgan fingerprint density at radius 3 is 2.59 bits per heavy atom. The molecular weight excluding hydrogens is 278 g/mol. The van der Waals surface area contributed by atoms with Crippen molar-refractivity contribution < 1.29 is 9.53 Å². The van der Waals surface area contributed by atoms with E-state index in [1.807, 2.05) is 24.3 Å². The summed E-state index contributed by atoms with van der Waals surface area (Å²) in [5.74, 6) is 1.33. The van der Waals surface area contributed by atoms with Crippen molar-refractivity contribution in [2.45, 2.75) is 40.0 Å². The largest absolute Gasteiger partial charge is 0.493 e. The molecule has 5 heteroatoms. The Balaban J connectivity index is 2.20. The third-order valence-electron chi connectivity index (χ3n) is 3.34. The molecule has 0 fully saturated rings. The fourth-order valence-electron chi connectivity index (χ4n) is 2.14. The average molecular weight is 301 g/mol. The lowest BCUT2D eigenvalue weighted by Crippen LogP contribution is -2.06. The number of unbranched alkanes of at least 4 members (excludes halogenated alkanes) is 1. The molecule has 0 aliphatic rings. The summed E-state index contributed by atoms with van der Waals surface area (Å²) in [6.07, 6.45) is 3.63. The van der Waals surface area contributed by atoms with Gasteiger partial charge in [0.2, 0.25) is 0 Å². The third kappa shape index (κ3) is 3.93. The van der Waals surface area contributed by atoms with E-state index in [1.165, 1.54) is 0 Å². The fourth-order valence-corrected chi connectivity index (χ4v) is 2.14. The topological polar surface area (TPSA) is 57.0 Å². The summed E-state index contributed by atoms with van der Waals surface area (Å²) in [7, 11) is 0. The van der Waals surface area contributed by atoms with Crippen LogP contribution in [0.5, 0.6) is 5.75 Å². The van der Waals surface area contributed by atoms with E-state index < -0.39 is 0 Å². The van der Waals surface area contributed by atoms with E-state index in [9.17, 15) is 4.79 Å². The van der Waals surface area contributed by atoms with Gasteiger partial charge in [0.05, 0.1) is 18.0 Å². The van der Waals surface area contributed by atoms with Crippen LogP contribution in [-0.2, 0) is 6.42 Å². The number of benzene rings is 1. The molecule has 118 valence electrons. The van der Waals surface area contributed by atoms with Gasteiger partial charge in [0.25, 0.3) is 0 Å². The van der Waals surface area contributed by atoms with Crippen molar-refractivity contribution >= 4 is 6.29 Å². The minimum Gasteiger partial charge on any atom is -0.493 e. The summed E-state index contributed by atoms with van der Waals surface area (Å²) in [6.45, 7) is 7.05. The lowest BCUT2D eigenvalue weighted by atomic mass is 10.1. The van der Waals surface area contributed by atoms with E-state index in [0.29, 0.717) is 18.2 Å². The normalized spacial score (nSPS) is 10.9. The molecule has 1 heterocycles. The highest BCUT2D eigenvalue weighted by atomic mass is 16.5. The van der Waals surface area contributed by atoms with E-state index in [4.69, 9.17) is 4.74 Å². The first-order valence-corrected chi connectivity index (χ1v) is 7.78. The van der Waals surface area contributed by atoms with E-state index in [-0.39, 0.29) is 0 Å². The maximum absolute atomic E-state index is 11.1. The van der Waals surface area contributed by atoms with Crippen LogP contribution in [0.3, 0.4) is 0 Å². The highest BCUT2D eigenvalue weighted by molar-refractivity contribution is 5.73. The Morgan fingerprint density at radius 1 is 1.27 bits per heavy atom. The molecule has 0 saturated heterocycles. The van der Waals surface area contributed by atoms with Gasteiger partial charge in [0.1, 0.15) is 11.4 Å². The summed E-state index contributed by atoms with van der Waals surface area (Å²) >= 11 is 0. The molecule has 0 N–H and O–H groups in total. The molecule has 0 unspecified atom stereocenters. The minimum atomic E-state index is 0.425. The molecule has 0 radical (unpaired) electrons. The van der Waals surface area contributed by atoms with Crippen LogP contribution in [0.2, 0.25) is 0 Å². The molecule has 2 aromatic rings. The Labute approximate surface area is 131 Å². The zero-order chi connectivity index (χ0) is 15.9. The first kappa shape index (κ1) is 16.2. The van der Waals surface area contributed by atoms with Gasteiger partial charge in [-0.3, -0.25) is 4.79 Å². The minimum absolute atomic E-state index is 0.425. The first-order valence-electron chi connectivity index (χ1n) is 7.78. The van der Waals surface area contributed by atoms with E-state index in [1.54, 1.807) is 4.68 Å². The van der Waals surface area contributed by atoms with Crippen molar-refractivity contribution in [2.75, 3.05) is 6.61 Å². The number of carbonyl (C=O) groups is 1. The predicted octanol–water partition coefficient (Wildman–Crippen LogP) is 3.46. The molecule has 22 heavy (non-hydrogen) atoms. The van der Waals surface area contributed by atoms with Crippen LogP contribution in [0.4, 0.5) is 0 Å². The smallest absolute Gasteiger partial charge is 0.172 e. The Morgan fingerprint density at radius 2 is 2.00 bits per heavy atom. The fraction of sp³-hybridized carbons (Fsp3) is 0.471. The zero-order valence-electron chi connectivity index (χ0n) is 13.5. The average Bonchev–Trinajstić information content (AvgIpc) is 2.94. The number of aldehydes is 1. The molecule has 0 spiro atoms. The summed E-state index contributed by atoms with van der Waals surface area (Å²) in [5.41, 5.74) is 2.19. The number of aromatic nitrogens is 3. The molecule has 0 atom stereocenters. The third-order valence-corrected chi connectivity index (χ3v) is 3.34. The Bertz CT molecular complexity index is 603. The van der Waals surface area contributed by atoms with Gasteiger partial charge in [-0.25, -0.2) is 4.68 Å². The second-order valence-electron chi connectivity index (χ2n) is 5.75. The summed E-state index contributed by atoms with van der Waals surface area (Å²) in [6, 6.07) is 7.72. The summed E-state index contributed by atoms with van der Waals surface area (Å²) < 4.78 is 7.42. The van der Waals surface area contributed by atoms with Crippen molar-refractivity contribution in [3.63, 3.8) is 0 Å². The molecule has 0 saturated carbocycles. The SMILES string of the molecule is CCCCc1c(C=O)nnn1-c1ccc(OCC(C)C)cc1. The van der Waals surface area contributed by atoms with Gasteiger partial charge < -0.3 is 4.74 Å². The summed E-state index contributed by atoms with van der Waals surface area (Å²) in [4.78, 5) is 11.1. The van der Waals surface area contributed by atoms with Gasteiger partial charge >= 0.3 is 0 Å². The van der Waals surface area contributed by atoms with Crippen molar-refractivity contribution in [3.8, 4) is 11.4 Å². The number of hydrogen-bond donors (Lipinski definition) is 0. The molecule has 1 aromatic heterocycles. The molecule has 1 aromatic carbocycles. The van der Waals surface area contributed by atoms with Crippen LogP contribution in [0.25, 0.3) is 5.69 Å². The summed E-state index contributed by atoms with van der Waals surface area (Å²) in [5, 5.41) is 8.07. The van der Waals surface area contributed by atoms with Crippen LogP contribution in [0.1, 0.15) is 49.8 Å². The maximum Gasteiger partial charge on any atom is 0.172 e. The Hall–Kier alpha value is -2.17. The lowest BCUT2D eigenvalue weighted by molar-refractivity contribution is 0.111. The van der Waals surface area contributed by atoms with Crippen LogP contribution in [0.15, 0.2) is 24.3 Å². The second-order valence-corrected chi connectivity index (χ2v) is 5.75.